The maximum Gasteiger partial charge on any atom is 0.126 e. The smallest absolute Gasteiger partial charge is 0.126 e. The number of aryl methyl sites for hydroxylation is 2. The van der Waals surface area contributed by atoms with Crippen LogP contribution in [0.1, 0.15) is 36.2 Å². The first-order chi connectivity index (χ1) is 10.0. The molecule has 1 unspecified atom stereocenters. The summed E-state index contributed by atoms with van der Waals surface area (Å²) in [5.41, 5.74) is 2.31. The Kier molecular flexibility index (Phi) is 5.07. The molecule has 0 saturated heterocycles. The normalized spacial score (nSPS) is 12.6. The Morgan fingerprint density at radius 2 is 2.10 bits per heavy atom. The number of nitrogens with zero attached hydrogens (tertiary/aromatic N) is 2. The summed E-state index contributed by atoms with van der Waals surface area (Å²) in [6.45, 7) is 4.82. The number of nitrogens with one attached hydrogen (secondary N) is 1. The summed E-state index contributed by atoms with van der Waals surface area (Å²) in [4.78, 5) is 0. The molecule has 0 amide bonds. The van der Waals surface area contributed by atoms with Gasteiger partial charge in [0.15, 0.2) is 0 Å². The summed E-state index contributed by atoms with van der Waals surface area (Å²) < 4.78 is 28.9. The molecule has 1 atom stereocenters. The van der Waals surface area contributed by atoms with Crippen LogP contribution in [0.5, 0.6) is 0 Å². The van der Waals surface area contributed by atoms with Crippen molar-refractivity contribution < 1.29 is 8.78 Å². The number of rotatable bonds is 6. The molecule has 1 heterocycles. The van der Waals surface area contributed by atoms with Crippen LogP contribution in [-0.2, 0) is 13.5 Å². The van der Waals surface area contributed by atoms with Crippen LogP contribution in [0.3, 0.4) is 0 Å². The van der Waals surface area contributed by atoms with E-state index in [1.165, 1.54) is 12.1 Å². The van der Waals surface area contributed by atoms with Crippen LogP contribution in [-0.4, -0.2) is 16.3 Å². The quantitative estimate of drug-likeness (QED) is 0.885. The van der Waals surface area contributed by atoms with Gasteiger partial charge in [0.2, 0.25) is 0 Å². The first-order valence-corrected chi connectivity index (χ1v) is 7.18. The average molecular weight is 293 g/mol. The topological polar surface area (TPSA) is 29.9 Å². The first kappa shape index (κ1) is 15.6. The number of benzene rings is 1. The standard InChI is InChI=1S/C16H21F2N3/c1-4-7-19-16(14-10-21(3)20-11(14)2)9-12-8-13(17)5-6-15(12)18/h5-6,8,10,16,19H,4,7,9H2,1-3H3. The second-order valence-corrected chi connectivity index (χ2v) is 5.29. The van der Waals surface area contributed by atoms with Gasteiger partial charge < -0.3 is 5.32 Å². The van der Waals surface area contributed by atoms with Crippen molar-refractivity contribution in [2.75, 3.05) is 6.54 Å². The zero-order chi connectivity index (χ0) is 15.4. The van der Waals surface area contributed by atoms with Crippen LogP contribution >= 0.6 is 0 Å². The molecule has 5 heteroatoms. The highest BCUT2D eigenvalue weighted by atomic mass is 19.1. The van der Waals surface area contributed by atoms with Gasteiger partial charge in [-0.25, -0.2) is 8.78 Å². The van der Waals surface area contributed by atoms with Gasteiger partial charge in [0.1, 0.15) is 11.6 Å². The maximum atomic E-state index is 13.9. The first-order valence-electron chi connectivity index (χ1n) is 7.18. The van der Waals surface area contributed by atoms with Crippen LogP contribution in [0.4, 0.5) is 8.78 Å². The van der Waals surface area contributed by atoms with Crippen molar-refractivity contribution in [3.63, 3.8) is 0 Å². The van der Waals surface area contributed by atoms with E-state index in [1.807, 2.05) is 20.2 Å². The van der Waals surface area contributed by atoms with Gasteiger partial charge >= 0.3 is 0 Å². The van der Waals surface area contributed by atoms with Crippen LogP contribution in [0.2, 0.25) is 0 Å². The molecule has 0 aliphatic carbocycles. The third-order valence-corrected chi connectivity index (χ3v) is 3.50. The van der Waals surface area contributed by atoms with Crippen molar-refractivity contribution in [3.8, 4) is 0 Å². The zero-order valence-corrected chi connectivity index (χ0v) is 12.7. The summed E-state index contributed by atoms with van der Waals surface area (Å²) in [7, 11) is 1.86. The van der Waals surface area contributed by atoms with E-state index in [1.54, 1.807) is 4.68 Å². The molecule has 0 spiro atoms. The van der Waals surface area contributed by atoms with E-state index in [9.17, 15) is 8.78 Å². The summed E-state index contributed by atoms with van der Waals surface area (Å²) in [5.74, 6) is -0.787. The molecule has 21 heavy (non-hydrogen) atoms. The minimum Gasteiger partial charge on any atom is -0.310 e. The molecule has 1 aromatic heterocycles. The highest BCUT2D eigenvalue weighted by molar-refractivity contribution is 5.26. The van der Waals surface area contributed by atoms with E-state index in [2.05, 4.69) is 17.3 Å². The molecule has 0 aliphatic rings. The molecule has 0 saturated carbocycles. The fraction of sp³-hybridized carbons (Fsp3) is 0.438. The van der Waals surface area contributed by atoms with Gasteiger partial charge in [-0.1, -0.05) is 6.92 Å². The second-order valence-electron chi connectivity index (χ2n) is 5.29. The van der Waals surface area contributed by atoms with E-state index in [4.69, 9.17) is 0 Å². The Balaban J connectivity index is 2.28. The lowest BCUT2D eigenvalue weighted by atomic mass is 9.99. The van der Waals surface area contributed by atoms with Gasteiger partial charge in [-0.3, -0.25) is 4.68 Å². The van der Waals surface area contributed by atoms with Crippen LogP contribution in [0.25, 0.3) is 0 Å². The van der Waals surface area contributed by atoms with Gasteiger partial charge in [-0.15, -0.1) is 0 Å². The van der Waals surface area contributed by atoms with Gasteiger partial charge in [0.05, 0.1) is 5.69 Å². The fourth-order valence-electron chi connectivity index (χ4n) is 2.49. The van der Waals surface area contributed by atoms with E-state index < -0.39 is 5.82 Å². The number of halogens is 2. The highest BCUT2D eigenvalue weighted by Gasteiger charge is 2.18. The predicted molar refractivity (Wildman–Crippen MR) is 79.0 cm³/mol. The van der Waals surface area contributed by atoms with Crippen LogP contribution < -0.4 is 5.32 Å². The fourth-order valence-corrected chi connectivity index (χ4v) is 2.49. The second kappa shape index (κ2) is 6.80. The molecule has 0 radical (unpaired) electrons. The monoisotopic (exact) mass is 293 g/mol. The van der Waals surface area contributed by atoms with Crippen molar-refractivity contribution in [3.05, 3.63) is 52.9 Å². The lowest BCUT2D eigenvalue weighted by Gasteiger charge is -2.18. The Morgan fingerprint density at radius 3 is 2.71 bits per heavy atom. The van der Waals surface area contributed by atoms with Crippen LogP contribution in [0, 0.1) is 18.6 Å². The molecule has 1 aromatic carbocycles. The summed E-state index contributed by atoms with van der Waals surface area (Å²) in [6.07, 6.45) is 3.30. The number of aromatic nitrogens is 2. The minimum atomic E-state index is -0.413. The molecule has 0 aliphatic heterocycles. The minimum absolute atomic E-state index is 0.0741. The molecule has 2 aromatic rings. The van der Waals surface area contributed by atoms with Crippen molar-refractivity contribution >= 4 is 0 Å². The molecule has 0 fully saturated rings. The van der Waals surface area contributed by atoms with Crippen molar-refractivity contribution in [2.24, 2.45) is 7.05 Å². The Labute approximate surface area is 124 Å². The summed E-state index contributed by atoms with van der Waals surface area (Å²) in [6, 6.07) is 3.51. The molecule has 3 nitrogen and oxygen atoms in total. The SMILES string of the molecule is CCCNC(Cc1cc(F)ccc1F)c1cn(C)nc1C. The third-order valence-electron chi connectivity index (χ3n) is 3.50. The van der Waals surface area contributed by atoms with Gasteiger partial charge in [-0.05, 0) is 50.1 Å². The Morgan fingerprint density at radius 1 is 1.33 bits per heavy atom. The molecular weight excluding hydrogens is 272 g/mol. The molecule has 114 valence electrons. The summed E-state index contributed by atoms with van der Waals surface area (Å²) >= 11 is 0. The maximum absolute atomic E-state index is 13.9. The Bertz CT molecular complexity index is 608. The van der Waals surface area contributed by atoms with Crippen molar-refractivity contribution in [1.82, 2.24) is 15.1 Å². The predicted octanol–water partition coefficient (Wildman–Crippen LogP) is 3.29. The van der Waals surface area contributed by atoms with Crippen molar-refractivity contribution in [2.45, 2.75) is 32.7 Å². The molecule has 2 rings (SSSR count). The van der Waals surface area contributed by atoms with Gasteiger partial charge in [0.25, 0.3) is 0 Å². The zero-order valence-electron chi connectivity index (χ0n) is 12.7. The van der Waals surface area contributed by atoms with Gasteiger partial charge in [-0.2, -0.15) is 5.10 Å². The molecule has 1 N–H and O–H groups in total. The highest BCUT2D eigenvalue weighted by Crippen LogP contribution is 2.23. The van der Waals surface area contributed by atoms with Crippen LogP contribution in [0.15, 0.2) is 24.4 Å². The Hall–Kier alpha value is -1.75. The lowest BCUT2D eigenvalue weighted by molar-refractivity contribution is 0.507. The van der Waals surface area contributed by atoms with Crippen molar-refractivity contribution in [1.29, 1.82) is 0 Å². The number of hydrogen-bond donors (Lipinski definition) is 1. The number of hydrogen-bond acceptors (Lipinski definition) is 2. The third kappa shape index (κ3) is 3.88. The van der Waals surface area contributed by atoms with Gasteiger partial charge in [0, 0.05) is 24.8 Å². The van der Waals surface area contributed by atoms with E-state index in [-0.39, 0.29) is 11.9 Å². The van der Waals surface area contributed by atoms with E-state index in [0.717, 1.165) is 30.3 Å². The van der Waals surface area contributed by atoms with E-state index in [0.29, 0.717) is 12.0 Å². The van der Waals surface area contributed by atoms with E-state index >= 15 is 0 Å². The largest absolute Gasteiger partial charge is 0.310 e. The lowest BCUT2D eigenvalue weighted by Crippen LogP contribution is -2.24. The molecule has 0 bridgehead atoms. The average Bonchev–Trinajstić information content (AvgIpc) is 2.77. The molecular formula is C16H21F2N3. The summed E-state index contributed by atoms with van der Waals surface area (Å²) in [5, 5.41) is 7.72.